The van der Waals surface area contributed by atoms with E-state index in [1.807, 2.05) is 24.3 Å². The minimum absolute atomic E-state index is 0.171. The Balaban J connectivity index is 1.42. The lowest BCUT2D eigenvalue weighted by Crippen LogP contribution is -2.34. The van der Waals surface area contributed by atoms with Gasteiger partial charge in [-0.1, -0.05) is 12.1 Å². The first-order chi connectivity index (χ1) is 16.9. The summed E-state index contributed by atoms with van der Waals surface area (Å²) in [5.41, 5.74) is 3.95. The number of hydrogen-bond donors (Lipinski definition) is 2. The first-order valence-electron chi connectivity index (χ1n) is 11.7. The van der Waals surface area contributed by atoms with Gasteiger partial charge in [0.15, 0.2) is 11.6 Å². The first-order valence-corrected chi connectivity index (χ1v) is 11.7. The average molecular weight is 479 g/mol. The van der Waals surface area contributed by atoms with Crippen LogP contribution in [0.1, 0.15) is 30.5 Å². The second-order valence-corrected chi connectivity index (χ2v) is 9.35. The summed E-state index contributed by atoms with van der Waals surface area (Å²) in [5.74, 6) is -2.54. The number of likely N-dealkylation sites (tertiary alicyclic amines) is 1. The number of hydrogen-bond acceptors (Lipinski definition) is 6. The standard InChI is InChI=1S/C27H27FN2O5/c1-30-26(33)18-12-17(13-31)24-19(25(18)27(30)34)14-35-23(24)8-6-16(21-4-2-3-9-29-21)10-15-5-7-22(32)20(28)11-15/h2-5,7,9-11,18-19,23,25,31-32H,6,8,12-14H2,1H3/b16-10-/t18-,19+,23-,25-/m1/s1. The molecule has 7 nitrogen and oxygen atoms in total. The quantitative estimate of drug-likeness (QED) is 0.489. The molecular formula is C27H27FN2O5. The zero-order valence-corrected chi connectivity index (χ0v) is 19.4. The van der Waals surface area contributed by atoms with Crippen molar-refractivity contribution < 1.29 is 28.9 Å². The number of carbonyl (C=O) groups excluding carboxylic acids is 2. The number of aliphatic hydroxyl groups is 1. The van der Waals surface area contributed by atoms with Crippen LogP contribution in [0.5, 0.6) is 5.75 Å². The molecule has 2 saturated heterocycles. The molecule has 2 N–H and O–H groups in total. The van der Waals surface area contributed by atoms with E-state index in [0.717, 1.165) is 22.4 Å². The zero-order chi connectivity index (χ0) is 24.7. The Morgan fingerprint density at radius 3 is 2.77 bits per heavy atom. The third-order valence-corrected chi connectivity index (χ3v) is 7.40. The fraction of sp³-hybridized carbons (Fsp3) is 0.370. The number of aromatic nitrogens is 1. The number of allylic oxidation sites excluding steroid dienone is 1. The highest BCUT2D eigenvalue weighted by Gasteiger charge is 2.55. The van der Waals surface area contributed by atoms with Crippen LogP contribution < -0.4 is 0 Å². The Bertz CT molecular complexity index is 1230. The predicted octanol–water partition coefficient (Wildman–Crippen LogP) is 3.19. The van der Waals surface area contributed by atoms with Crippen LogP contribution in [0, 0.1) is 23.6 Å². The van der Waals surface area contributed by atoms with E-state index in [0.29, 0.717) is 31.4 Å². The molecule has 4 atom stereocenters. The molecule has 0 saturated carbocycles. The van der Waals surface area contributed by atoms with Gasteiger partial charge in [-0.2, -0.15) is 0 Å². The van der Waals surface area contributed by atoms with Gasteiger partial charge in [0.05, 0.1) is 36.8 Å². The Morgan fingerprint density at radius 2 is 2.06 bits per heavy atom. The summed E-state index contributed by atoms with van der Waals surface area (Å²) in [7, 11) is 1.52. The van der Waals surface area contributed by atoms with E-state index < -0.39 is 23.4 Å². The van der Waals surface area contributed by atoms with Crippen molar-refractivity contribution in [3.63, 3.8) is 0 Å². The summed E-state index contributed by atoms with van der Waals surface area (Å²) < 4.78 is 20.1. The van der Waals surface area contributed by atoms with E-state index in [-0.39, 0.29) is 30.4 Å². The van der Waals surface area contributed by atoms with Gasteiger partial charge in [-0.15, -0.1) is 0 Å². The highest BCUT2D eigenvalue weighted by Crippen LogP contribution is 2.49. The highest BCUT2D eigenvalue weighted by atomic mass is 19.1. The number of ether oxygens (including phenoxy) is 1. The number of imide groups is 1. The van der Waals surface area contributed by atoms with Crippen molar-refractivity contribution in [1.82, 2.24) is 9.88 Å². The van der Waals surface area contributed by atoms with E-state index in [2.05, 4.69) is 4.98 Å². The van der Waals surface area contributed by atoms with Crippen molar-refractivity contribution in [2.75, 3.05) is 20.3 Å². The Kier molecular flexibility index (Phi) is 6.25. The number of rotatable bonds is 6. The third kappa shape index (κ3) is 4.17. The molecule has 3 heterocycles. The zero-order valence-electron chi connectivity index (χ0n) is 19.4. The molecular weight excluding hydrogens is 451 g/mol. The fourth-order valence-corrected chi connectivity index (χ4v) is 5.70. The van der Waals surface area contributed by atoms with Gasteiger partial charge in [0, 0.05) is 19.2 Å². The van der Waals surface area contributed by atoms with Gasteiger partial charge in [-0.05, 0) is 71.9 Å². The number of pyridine rings is 1. The molecule has 1 aliphatic carbocycles. The normalized spacial score (nSPS) is 26.4. The maximum atomic E-state index is 13.9. The molecule has 3 aliphatic rings. The Labute approximate surface area is 202 Å². The molecule has 0 unspecified atom stereocenters. The lowest BCUT2D eigenvalue weighted by atomic mass is 9.69. The third-order valence-electron chi connectivity index (χ3n) is 7.40. The SMILES string of the molecule is CN1C(=O)[C@@H]2[C@@H](CC(CO)=C3[C@@H](CC/C(=C/c4ccc(O)c(F)c4)c4ccccn4)OC[C@@H]32)C1=O. The molecule has 0 bridgehead atoms. The van der Waals surface area contributed by atoms with E-state index in [4.69, 9.17) is 4.74 Å². The van der Waals surface area contributed by atoms with Crippen molar-refractivity contribution in [3.8, 4) is 5.75 Å². The Hall–Kier alpha value is -3.36. The van der Waals surface area contributed by atoms with Crippen LogP contribution in [0.25, 0.3) is 11.6 Å². The number of fused-ring (bicyclic) bond motifs is 3. The molecule has 1 aromatic carbocycles. The number of carbonyl (C=O) groups is 2. The molecule has 1 aromatic heterocycles. The smallest absolute Gasteiger partial charge is 0.233 e. The minimum Gasteiger partial charge on any atom is -0.505 e. The van der Waals surface area contributed by atoms with Gasteiger partial charge in [-0.3, -0.25) is 19.5 Å². The topological polar surface area (TPSA) is 100.0 Å². The fourth-order valence-electron chi connectivity index (χ4n) is 5.70. The van der Waals surface area contributed by atoms with Gasteiger partial charge < -0.3 is 14.9 Å². The van der Waals surface area contributed by atoms with Crippen LogP contribution in [0.2, 0.25) is 0 Å². The number of nitrogens with zero attached hydrogens (tertiary/aromatic N) is 2. The molecule has 0 radical (unpaired) electrons. The van der Waals surface area contributed by atoms with Crippen LogP contribution in [0.3, 0.4) is 0 Å². The summed E-state index contributed by atoms with van der Waals surface area (Å²) in [5, 5.41) is 19.6. The number of amides is 2. The van der Waals surface area contributed by atoms with E-state index in [1.165, 1.54) is 24.1 Å². The summed E-state index contributed by atoms with van der Waals surface area (Å²) in [4.78, 5) is 31.0. The number of phenols is 1. The van der Waals surface area contributed by atoms with Gasteiger partial charge in [0.2, 0.25) is 11.8 Å². The molecule has 182 valence electrons. The van der Waals surface area contributed by atoms with Crippen molar-refractivity contribution in [1.29, 1.82) is 0 Å². The summed E-state index contributed by atoms with van der Waals surface area (Å²) in [6.45, 7) is 0.166. The van der Waals surface area contributed by atoms with Crippen molar-refractivity contribution >= 4 is 23.5 Å². The van der Waals surface area contributed by atoms with Crippen LogP contribution in [-0.4, -0.2) is 58.3 Å². The van der Waals surface area contributed by atoms with Crippen molar-refractivity contribution in [3.05, 3.63) is 70.8 Å². The molecule has 2 fully saturated rings. The van der Waals surface area contributed by atoms with Gasteiger partial charge in [0.25, 0.3) is 0 Å². The number of benzene rings is 1. The van der Waals surface area contributed by atoms with E-state index in [9.17, 15) is 24.2 Å². The van der Waals surface area contributed by atoms with Gasteiger partial charge in [0.1, 0.15) is 0 Å². The minimum atomic E-state index is -0.698. The molecule has 35 heavy (non-hydrogen) atoms. The molecule has 5 rings (SSSR count). The van der Waals surface area contributed by atoms with Crippen LogP contribution in [0.4, 0.5) is 4.39 Å². The van der Waals surface area contributed by atoms with Crippen LogP contribution >= 0.6 is 0 Å². The van der Waals surface area contributed by atoms with E-state index >= 15 is 0 Å². The molecule has 2 amide bonds. The highest BCUT2D eigenvalue weighted by molar-refractivity contribution is 6.05. The summed E-state index contributed by atoms with van der Waals surface area (Å²) >= 11 is 0. The Morgan fingerprint density at radius 1 is 1.23 bits per heavy atom. The molecule has 2 aromatic rings. The number of halogens is 1. The summed E-state index contributed by atoms with van der Waals surface area (Å²) in [6.07, 6.45) is 4.74. The summed E-state index contributed by atoms with van der Waals surface area (Å²) in [6, 6.07) is 9.80. The monoisotopic (exact) mass is 478 g/mol. The average Bonchev–Trinajstić information content (AvgIpc) is 3.39. The van der Waals surface area contributed by atoms with E-state index in [1.54, 1.807) is 12.3 Å². The lowest BCUT2D eigenvalue weighted by molar-refractivity contribution is -0.138. The largest absolute Gasteiger partial charge is 0.505 e. The predicted molar refractivity (Wildman–Crippen MR) is 126 cm³/mol. The van der Waals surface area contributed by atoms with Crippen LogP contribution in [0.15, 0.2) is 53.7 Å². The van der Waals surface area contributed by atoms with Crippen LogP contribution in [-0.2, 0) is 14.3 Å². The molecule has 0 spiro atoms. The maximum absolute atomic E-state index is 13.9. The maximum Gasteiger partial charge on any atom is 0.233 e. The number of aliphatic hydroxyl groups excluding tert-OH is 1. The molecule has 8 heteroatoms. The number of phenolic OH excluding ortho intramolecular Hbond substituents is 1. The second-order valence-electron chi connectivity index (χ2n) is 9.35. The first kappa shape index (κ1) is 23.4. The second kappa shape index (κ2) is 9.36. The van der Waals surface area contributed by atoms with Gasteiger partial charge in [-0.25, -0.2) is 4.39 Å². The van der Waals surface area contributed by atoms with Gasteiger partial charge >= 0.3 is 0 Å². The lowest BCUT2D eigenvalue weighted by Gasteiger charge is -2.31. The van der Waals surface area contributed by atoms with Crippen molar-refractivity contribution in [2.45, 2.75) is 25.4 Å². The van der Waals surface area contributed by atoms with Crippen molar-refractivity contribution in [2.24, 2.45) is 17.8 Å². The molecule has 2 aliphatic heterocycles. The number of aromatic hydroxyl groups is 1.